The number of hydrogen-bond donors (Lipinski definition) is 2. The first-order valence-corrected chi connectivity index (χ1v) is 7.66. The van der Waals surface area contributed by atoms with Crippen molar-refractivity contribution in [3.05, 3.63) is 35.9 Å². The molecule has 110 valence electrons. The first kappa shape index (κ1) is 14.0. The maximum absolute atomic E-state index is 10.9. The normalized spacial score (nSPS) is 24.5. The Morgan fingerprint density at radius 1 is 1.10 bits per heavy atom. The van der Waals surface area contributed by atoms with Crippen LogP contribution < -0.4 is 5.73 Å². The van der Waals surface area contributed by atoms with Crippen molar-refractivity contribution in [2.24, 2.45) is 5.73 Å². The van der Waals surface area contributed by atoms with Crippen LogP contribution in [0, 0.1) is 0 Å². The van der Waals surface area contributed by atoms with Crippen LogP contribution in [0.2, 0.25) is 0 Å². The number of rotatable bonds is 5. The molecule has 1 atom stereocenters. The zero-order chi connectivity index (χ0) is 14.0. The first-order chi connectivity index (χ1) is 9.71. The van der Waals surface area contributed by atoms with E-state index in [1.165, 1.54) is 12.8 Å². The molecule has 1 aromatic rings. The number of nitrogens with zero attached hydrogens (tertiary/aromatic N) is 2. The zero-order valence-electron chi connectivity index (χ0n) is 12.0. The molecule has 1 aliphatic carbocycles. The molecule has 1 aliphatic heterocycles. The van der Waals surface area contributed by atoms with Crippen LogP contribution >= 0.6 is 0 Å². The van der Waals surface area contributed by atoms with E-state index in [9.17, 15) is 5.11 Å². The summed E-state index contributed by atoms with van der Waals surface area (Å²) in [6.07, 6.45) is 2.74. The Morgan fingerprint density at radius 3 is 2.30 bits per heavy atom. The molecule has 4 heteroatoms. The van der Waals surface area contributed by atoms with Crippen LogP contribution in [0.25, 0.3) is 0 Å². The summed E-state index contributed by atoms with van der Waals surface area (Å²) >= 11 is 0. The molecule has 20 heavy (non-hydrogen) atoms. The third-order valence-corrected chi connectivity index (χ3v) is 4.60. The molecule has 1 saturated carbocycles. The van der Waals surface area contributed by atoms with E-state index in [2.05, 4.69) is 9.80 Å². The number of aliphatic hydroxyl groups is 1. The molecule has 2 aliphatic rings. The largest absolute Gasteiger partial charge is 0.382 e. The number of piperazine rings is 1. The predicted molar refractivity (Wildman–Crippen MR) is 80.4 cm³/mol. The topological polar surface area (TPSA) is 52.7 Å². The van der Waals surface area contributed by atoms with Gasteiger partial charge >= 0.3 is 0 Å². The minimum absolute atomic E-state index is 0.264. The highest BCUT2D eigenvalue weighted by Crippen LogP contribution is 2.28. The van der Waals surface area contributed by atoms with Crippen LogP contribution in [0.5, 0.6) is 0 Å². The fraction of sp³-hybridized carbons (Fsp3) is 0.625. The van der Waals surface area contributed by atoms with Gasteiger partial charge in [-0.25, -0.2) is 0 Å². The lowest BCUT2D eigenvalue weighted by Crippen LogP contribution is -2.53. The Balaban J connectivity index is 1.60. The van der Waals surface area contributed by atoms with Crippen molar-refractivity contribution < 1.29 is 5.11 Å². The lowest BCUT2D eigenvalue weighted by Gasteiger charge is -2.39. The molecule has 1 aromatic carbocycles. The Kier molecular flexibility index (Phi) is 4.08. The molecule has 1 heterocycles. The van der Waals surface area contributed by atoms with E-state index in [-0.39, 0.29) is 6.54 Å². The number of nitrogens with two attached hydrogens (primary N) is 1. The molecular weight excluding hydrogens is 250 g/mol. The third-order valence-electron chi connectivity index (χ3n) is 4.60. The fourth-order valence-electron chi connectivity index (χ4n) is 3.12. The Bertz CT molecular complexity index is 427. The summed E-state index contributed by atoms with van der Waals surface area (Å²) in [6, 6.07) is 10.7. The standard InChI is InChI=1S/C16H25N3O/c17-12-16(20,14-4-2-1-3-5-14)13-18-8-10-19(11-9-18)15-6-7-15/h1-5,15,20H,6-13,17H2. The Labute approximate surface area is 121 Å². The lowest BCUT2D eigenvalue weighted by atomic mass is 9.93. The van der Waals surface area contributed by atoms with Crippen molar-refractivity contribution in [2.45, 2.75) is 24.5 Å². The van der Waals surface area contributed by atoms with Gasteiger partial charge < -0.3 is 10.8 Å². The second kappa shape index (κ2) is 5.82. The third kappa shape index (κ3) is 3.04. The monoisotopic (exact) mass is 275 g/mol. The van der Waals surface area contributed by atoms with Gasteiger partial charge in [-0.2, -0.15) is 0 Å². The Hall–Kier alpha value is -0.940. The van der Waals surface area contributed by atoms with Crippen LogP contribution in [0.1, 0.15) is 18.4 Å². The molecule has 0 radical (unpaired) electrons. The van der Waals surface area contributed by atoms with Crippen molar-refractivity contribution in [1.82, 2.24) is 9.80 Å². The minimum atomic E-state index is -0.928. The average molecular weight is 275 g/mol. The number of hydrogen-bond acceptors (Lipinski definition) is 4. The summed E-state index contributed by atoms with van der Waals surface area (Å²) in [7, 11) is 0. The summed E-state index contributed by atoms with van der Waals surface area (Å²) in [4.78, 5) is 4.93. The molecule has 0 aromatic heterocycles. The van der Waals surface area contributed by atoms with E-state index in [1.807, 2.05) is 30.3 Å². The first-order valence-electron chi connectivity index (χ1n) is 7.66. The van der Waals surface area contributed by atoms with E-state index in [1.54, 1.807) is 0 Å². The molecule has 2 fully saturated rings. The summed E-state index contributed by atoms with van der Waals surface area (Å²) < 4.78 is 0. The summed E-state index contributed by atoms with van der Waals surface area (Å²) in [5.74, 6) is 0. The summed E-state index contributed by atoms with van der Waals surface area (Å²) in [5.41, 5.74) is 5.85. The smallest absolute Gasteiger partial charge is 0.114 e. The Morgan fingerprint density at radius 2 is 1.75 bits per heavy atom. The molecule has 3 rings (SSSR count). The highest BCUT2D eigenvalue weighted by atomic mass is 16.3. The van der Waals surface area contributed by atoms with Crippen LogP contribution in [-0.4, -0.2) is 60.2 Å². The SMILES string of the molecule is NCC(O)(CN1CCN(C2CC2)CC1)c1ccccc1. The average Bonchev–Trinajstić information content (AvgIpc) is 3.33. The minimum Gasteiger partial charge on any atom is -0.382 e. The van der Waals surface area contributed by atoms with E-state index < -0.39 is 5.60 Å². The molecule has 4 nitrogen and oxygen atoms in total. The van der Waals surface area contributed by atoms with Gasteiger partial charge in [0.1, 0.15) is 5.60 Å². The van der Waals surface area contributed by atoms with Gasteiger partial charge in [-0.3, -0.25) is 9.80 Å². The molecule has 1 unspecified atom stereocenters. The predicted octanol–water partition coefficient (Wildman–Crippen LogP) is 0.613. The highest BCUT2D eigenvalue weighted by molar-refractivity contribution is 5.23. The molecule has 0 spiro atoms. The molecule has 0 amide bonds. The number of benzene rings is 1. The van der Waals surface area contributed by atoms with Gasteiger partial charge in [0.15, 0.2) is 0 Å². The van der Waals surface area contributed by atoms with Crippen LogP contribution in [-0.2, 0) is 5.60 Å². The second-order valence-corrected chi connectivity index (χ2v) is 6.15. The van der Waals surface area contributed by atoms with E-state index >= 15 is 0 Å². The molecule has 3 N–H and O–H groups in total. The summed E-state index contributed by atoms with van der Waals surface area (Å²) in [5, 5.41) is 10.9. The molecule has 0 bridgehead atoms. The van der Waals surface area contributed by atoms with E-state index in [0.717, 1.165) is 37.8 Å². The van der Waals surface area contributed by atoms with Crippen LogP contribution in [0.4, 0.5) is 0 Å². The maximum atomic E-state index is 10.9. The fourth-order valence-corrected chi connectivity index (χ4v) is 3.12. The van der Waals surface area contributed by atoms with Crippen molar-refractivity contribution in [2.75, 3.05) is 39.3 Å². The van der Waals surface area contributed by atoms with Gasteiger partial charge in [0.25, 0.3) is 0 Å². The van der Waals surface area contributed by atoms with Crippen LogP contribution in [0.15, 0.2) is 30.3 Å². The van der Waals surface area contributed by atoms with Gasteiger partial charge in [0, 0.05) is 45.3 Å². The van der Waals surface area contributed by atoms with Gasteiger partial charge in [0.05, 0.1) is 0 Å². The lowest BCUT2D eigenvalue weighted by molar-refractivity contribution is -0.00789. The van der Waals surface area contributed by atoms with Gasteiger partial charge in [-0.15, -0.1) is 0 Å². The maximum Gasteiger partial charge on any atom is 0.114 e. The van der Waals surface area contributed by atoms with Crippen molar-refractivity contribution in [3.63, 3.8) is 0 Å². The quantitative estimate of drug-likeness (QED) is 0.827. The van der Waals surface area contributed by atoms with Gasteiger partial charge in [0.2, 0.25) is 0 Å². The molecular formula is C16H25N3O. The van der Waals surface area contributed by atoms with Gasteiger partial charge in [-0.05, 0) is 18.4 Å². The highest BCUT2D eigenvalue weighted by Gasteiger charge is 2.34. The van der Waals surface area contributed by atoms with Crippen molar-refractivity contribution in [1.29, 1.82) is 0 Å². The van der Waals surface area contributed by atoms with Gasteiger partial charge in [-0.1, -0.05) is 30.3 Å². The van der Waals surface area contributed by atoms with E-state index in [0.29, 0.717) is 6.54 Å². The van der Waals surface area contributed by atoms with Crippen LogP contribution in [0.3, 0.4) is 0 Å². The van der Waals surface area contributed by atoms with E-state index in [4.69, 9.17) is 5.73 Å². The number of β-amino-alcohol motifs (C(OH)–C–C–N with tert-alkyl or cyclic N) is 1. The summed E-state index contributed by atoms with van der Waals surface area (Å²) in [6.45, 7) is 5.21. The zero-order valence-corrected chi connectivity index (χ0v) is 12.0. The van der Waals surface area contributed by atoms with Crippen molar-refractivity contribution in [3.8, 4) is 0 Å². The van der Waals surface area contributed by atoms with Crippen molar-refractivity contribution >= 4 is 0 Å². The molecule has 1 saturated heterocycles. The second-order valence-electron chi connectivity index (χ2n) is 6.15.